The zero-order valence-corrected chi connectivity index (χ0v) is 17.8. The van der Waals surface area contributed by atoms with E-state index in [1.165, 1.54) is 17.0 Å². The maximum Gasteiger partial charge on any atom is 0.334 e. The van der Waals surface area contributed by atoms with Crippen molar-refractivity contribution in [1.82, 2.24) is 9.21 Å². The van der Waals surface area contributed by atoms with Gasteiger partial charge in [-0.25, -0.2) is 17.5 Å². The highest BCUT2D eigenvalue weighted by Gasteiger charge is 2.37. The molecule has 8 heteroatoms. The molecule has 2 aliphatic rings. The van der Waals surface area contributed by atoms with E-state index in [0.29, 0.717) is 26.1 Å². The van der Waals surface area contributed by atoms with Crippen molar-refractivity contribution in [1.29, 1.82) is 0 Å². The first-order valence-electron chi connectivity index (χ1n) is 10.1. The second-order valence-corrected chi connectivity index (χ2v) is 9.59. The molecule has 0 saturated carbocycles. The highest BCUT2D eigenvalue weighted by molar-refractivity contribution is 7.89. The molecule has 0 atom stereocenters. The Balaban J connectivity index is 1.65. The van der Waals surface area contributed by atoms with Crippen molar-refractivity contribution >= 4 is 27.6 Å². The third-order valence-corrected chi connectivity index (χ3v) is 7.40. The van der Waals surface area contributed by atoms with Crippen LogP contribution < -0.4 is 4.90 Å². The highest BCUT2D eigenvalue weighted by atomic mass is 32.2. The predicted octanol–water partition coefficient (Wildman–Crippen LogP) is 2.79. The highest BCUT2D eigenvalue weighted by Crippen LogP contribution is 2.28. The average molecular weight is 428 g/mol. The summed E-state index contributed by atoms with van der Waals surface area (Å²) in [6.07, 6.45) is 2.38. The molecule has 1 saturated heterocycles. The van der Waals surface area contributed by atoms with Crippen molar-refractivity contribution in [3.8, 4) is 0 Å². The molecule has 158 valence electrons. The number of para-hydroxylation sites is 1. The van der Waals surface area contributed by atoms with E-state index in [0.717, 1.165) is 34.0 Å². The van der Waals surface area contributed by atoms with Crippen molar-refractivity contribution in [2.45, 2.75) is 31.1 Å². The minimum absolute atomic E-state index is 0.00951. The van der Waals surface area contributed by atoms with Crippen LogP contribution in [0, 0.1) is 6.92 Å². The topological polar surface area (TPSA) is 78.0 Å². The van der Waals surface area contributed by atoms with Crippen LogP contribution in [0.5, 0.6) is 0 Å². The van der Waals surface area contributed by atoms with E-state index in [1.54, 1.807) is 17.0 Å². The van der Waals surface area contributed by atoms with Crippen molar-refractivity contribution < 1.29 is 18.0 Å². The molecule has 7 nitrogen and oxygen atoms in total. The Morgan fingerprint density at radius 2 is 1.63 bits per heavy atom. The number of hydrogen-bond donors (Lipinski definition) is 0. The average Bonchev–Trinajstić information content (AvgIpc) is 3.41. The molecular weight excluding hydrogens is 402 g/mol. The number of nitrogens with zero attached hydrogens (tertiary/aromatic N) is 3. The Morgan fingerprint density at radius 1 is 0.967 bits per heavy atom. The van der Waals surface area contributed by atoms with Crippen molar-refractivity contribution in [2.75, 3.05) is 31.1 Å². The first kappa shape index (κ1) is 20.4. The number of urea groups is 1. The van der Waals surface area contributed by atoms with Gasteiger partial charge in [-0.2, -0.15) is 0 Å². The summed E-state index contributed by atoms with van der Waals surface area (Å²) in [5.41, 5.74) is 2.74. The summed E-state index contributed by atoms with van der Waals surface area (Å²) >= 11 is 0. The van der Waals surface area contributed by atoms with Gasteiger partial charge in [0.05, 0.1) is 4.90 Å². The van der Waals surface area contributed by atoms with Crippen molar-refractivity contribution in [2.24, 2.45) is 0 Å². The Hall–Kier alpha value is -2.87. The number of sulfonamides is 1. The molecule has 0 N–H and O–H groups in total. The zero-order valence-electron chi connectivity index (χ0n) is 17.0. The third-order valence-electron chi connectivity index (χ3n) is 5.67. The molecule has 0 radical (unpaired) electrons. The number of fused-ring (bicyclic) bond motifs is 1. The Bertz CT molecular complexity index is 1060. The maximum absolute atomic E-state index is 13.3. The second kappa shape index (κ2) is 8.10. The van der Waals surface area contributed by atoms with Crippen LogP contribution in [0.2, 0.25) is 0 Å². The third kappa shape index (κ3) is 3.79. The van der Waals surface area contributed by atoms with E-state index >= 15 is 0 Å². The van der Waals surface area contributed by atoms with Crippen LogP contribution in [0.15, 0.2) is 53.4 Å². The number of carbonyl (C=O) groups excluding carboxylic acids is 2. The van der Waals surface area contributed by atoms with Gasteiger partial charge < -0.3 is 9.80 Å². The van der Waals surface area contributed by atoms with Gasteiger partial charge in [-0.1, -0.05) is 35.9 Å². The van der Waals surface area contributed by atoms with E-state index in [9.17, 15) is 18.0 Å². The van der Waals surface area contributed by atoms with Gasteiger partial charge in [0.1, 0.15) is 6.54 Å². The van der Waals surface area contributed by atoms with Gasteiger partial charge in [0.15, 0.2) is 0 Å². The molecule has 0 aliphatic carbocycles. The fourth-order valence-electron chi connectivity index (χ4n) is 3.96. The van der Waals surface area contributed by atoms with Crippen LogP contribution in [0.4, 0.5) is 10.5 Å². The van der Waals surface area contributed by atoms with Gasteiger partial charge in [0.2, 0.25) is 5.91 Å². The molecule has 3 amide bonds. The number of rotatable bonds is 4. The molecule has 2 heterocycles. The van der Waals surface area contributed by atoms with E-state index in [2.05, 4.69) is 0 Å². The van der Waals surface area contributed by atoms with Gasteiger partial charge in [0.25, 0.3) is 10.0 Å². The van der Waals surface area contributed by atoms with Gasteiger partial charge in [0, 0.05) is 25.3 Å². The van der Waals surface area contributed by atoms with Gasteiger partial charge in [-0.3, -0.25) is 4.79 Å². The van der Waals surface area contributed by atoms with Crippen molar-refractivity contribution in [3.05, 3.63) is 59.7 Å². The number of hydrogen-bond acceptors (Lipinski definition) is 4. The lowest BCUT2D eigenvalue weighted by Gasteiger charge is -2.28. The van der Waals surface area contributed by atoms with E-state index in [-0.39, 0.29) is 4.90 Å². The van der Waals surface area contributed by atoms with Crippen LogP contribution >= 0.6 is 0 Å². The molecule has 30 heavy (non-hydrogen) atoms. The molecule has 0 unspecified atom stereocenters. The zero-order chi connectivity index (χ0) is 21.3. The lowest BCUT2D eigenvalue weighted by atomic mass is 10.2. The lowest BCUT2D eigenvalue weighted by molar-refractivity contribution is -0.118. The molecule has 2 aliphatic heterocycles. The standard InChI is InChI=1S/C22H25N3O4S/c1-17-8-10-19(11-9-17)30(28,29)25(22(27)23-13-4-5-14-23)16-21(26)24-15-12-18-6-2-3-7-20(18)24/h2-3,6-11H,4-5,12-16H2,1H3. The number of anilines is 1. The summed E-state index contributed by atoms with van der Waals surface area (Å²) in [7, 11) is -4.16. The van der Waals surface area contributed by atoms with Gasteiger partial charge in [-0.15, -0.1) is 0 Å². The largest absolute Gasteiger partial charge is 0.334 e. The maximum atomic E-state index is 13.3. The normalized spacial score (nSPS) is 15.9. The summed E-state index contributed by atoms with van der Waals surface area (Å²) in [6.45, 7) is 2.82. The lowest BCUT2D eigenvalue weighted by Crippen LogP contribution is -2.50. The van der Waals surface area contributed by atoms with E-state index in [1.807, 2.05) is 31.2 Å². The van der Waals surface area contributed by atoms with Crippen LogP contribution in [0.3, 0.4) is 0 Å². The SMILES string of the molecule is Cc1ccc(S(=O)(=O)N(CC(=O)N2CCc3ccccc32)C(=O)N2CCCC2)cc1. The van der Waals surface area contributed by atoms with Crippen LogP contribution in [-0.4, -0.2) is 55.7 Å². The fourth-order valence-corrected chi connectivity index (χ4v) is 5.30. The number of amides is 3. The summed E-state index contributed by atoms with van der Waals surface area (Å²) in [6, 6.07) is 13.3. The predicted molar refractivity (Wildman–Crippen MR) is 114 cm³/mol. The number of carbonyl (C=O) groups is 2. The Morgan fingerprint density at radius 3 is 2.33 bits per heavy atom. The Kier molecular flexibility index (Phi) is 5.51. The summed E-state index contributed by atoms with van der Waals surface area (Å²) in [5.74, 6) is -0.400. The first-order chi connectivity index (χ1) is 14.4. The van der Waals surface area contributed by atoms with E-state index in [4.69, 9.17) is 0 Å². The van der Waals surface area contributed by atoms with Crippen molar-refractivity contribution in [3.63, 3.8) is 0 Å². The van der Waals surface area contributed by atoms with Crippen LogP contribution in [-0.2, 0) is 21.2 Å². The molecule has 1 fully saturated rings. The smallest absolute Gasteiger partial charge is 0.324 e. The van der Waals surface area contributed by atoms with Gasteiger partial charge >= 0.3 is 6.03 Å². The summed E-state index contributed by atoms with van der Waals surface area (Å²) in [4.78, 5) is 29.3. The second-order valence-electron chi connectivity index (χ2n) is 7.73. The first-order valence-corrected chi connectivity index (χ1v) is 11.6. The minimum Gasteiger partial charge on any atom is -0.324 e. The monoisotopic (exact) mass is 427 g/mol. The Labute approximate surface area is 176 Å². The molecular formula is C22H25N3O4S. The molecule has 2 aromatic rings. The number of benzene rings is 2. The number of aryl methyl sites for hydroxylation is 1. The summed E-state index contributed by atoms with van der Waals surface area (Å²) in [5, 5.41) is 0. The molecule has 0 spiro atoms. The van der Waals surface area contributed by atoms with Gasteiger partial charge in [-0.05, 0) is 49.9 Å². The number of likely N-dealkylation sites (tertiary alicyclic amines) is 1. The molecule has 4 rings (SSSR count). The summed E-state index contributed by atoms with van der Waals surface area (Å²) < 4.78 is 27.4. The molecule has 0 aromatic heterocycles. The quantitative estimate of drug-likeness (QED) is 0.752. The minimum atomic E-state index is -4.16. The fraction of sp³-hybridized carbons (Fsp3) is 0.364. The molecule has 2 aromatic carbocycles. The van der Waals surface area contributed by atoms with Crippen LogP contribution in [0.25, 0.3) is 0 Å². The molecule has 0 bridgehead atoms. The van der Waals surface area contributed by atoms with E-state index < -0.39 is 28.5 Å². The van der Waals surface area contributed by atoms with Crippen LogP contribution in [0.1, 0.15) is 24.0 Å².